The van der Waals surface area contributed by atoms with Crippen LogP contribution in [0.3, 0.4) is 0 Å². The summed E-state index contributed by atoms with van der Waals surface area (Å²) in [5.74, 6) is -0.378. The molecule has 1 aromatic carbocycles. The van der Waals surface area contributed by atoms with Crippen molar-refractivity contribution in [3.05, 3.63) is 33.3 Å². The van der Waals surface area contributed by atoms with Crippen molar-refractivity contribution in [1.29, 1.82) is 0 Å². The normalized spacial score (nSPS) is 10.8. The molecule has 0 radical (unpaired) electrons. The fourth-order valence-corrected chi connectivity index (χ4v) is 2.62. The smallest absolute Gasteiger partial charge is 0.348 e. The number of hydrogen-bond donors (Lipinski definition) is 0. The highest BCUT2D eigenvalue weighted by atomic mass is 35.5. The summed E-state index contributed by atoms with van der Waals surface area (Å²) in [5.41, 5.74) is 1.74. The molecule has 22 heavy (non-hydrogen) atoms. The molecule has 0 bridgehead atoms. The van der Waals surface area contributed by atoms with Crippen LogP contribution in [0.2, 0.25) is 5.02 Å². The van der Waals surface area contributed by atoms with Gasteiger partial charge in [0.15, 0.2) is 0 Å². The highest BCUT2D eigenvalue weighted by Crippen LogP contribution is 2.30. The molecule has 0 N–H and O–H groups in total. The molecule has 0 atom stereocenters. The molecular formula is C15H18ClN3O3. The Morgan fingerprint density at radius 1 is 1.41 bits per heavy atom. The summed E-state index contributed by atoms with van der Waals surface area (Å²) in [6.07, 6.45) is 0.100. The molecule has 0 aliphatic carbocycles. The van der Waals surface area contributed by atoms with Gasteiger partial charge in [0.2, 0.25) is 0 Å². The number of esters is 1. The summed E-state index contributed by atoms with van der Waals surface area (Å²) < 4.78 is 6.06. The molecule has 2 aromatic rings. The van der Waals surface area contributed by atoms with Gasteiger partial charge in [-0.15, -0.1) is 0 Å². The minimum Gasteiger partial charge on any atom is -0.469 e. The van der Waals surface area contributed by atoms with Crippen LogP contribution in [0.15, 0.2) is 16.9 Å². The zero-order valence-corrected chi connectivity index (χ0v) is 13.8. The maximum absolute atomic E-state index is 12.1. The lowest BCUT2D eigenvalue weighted by atomic mass is 10.1. The van der Waals surface area contributed by atoms with Crippen molar-refractivity contribution < 1.29 is 9.53 Å². The Bertz CT molecular complexity index is 784. The summed E-state index contributed by atoms with van der Waals surface area (Å²) in [5, 5.41) is 1.37. The van der Waals surface area contributed by atoms with Crippen molar-refractivity contribution >= 4 is 34.2 Å². The van der Waals surface area contributed by atoms with Crippen LogP contribution in [0.1, 0.15) is 12.1 Å². The van der Waals surface area contributed by atoms with Gasteiger partial charge >= 0.3 is 11.7 Å². The van der Waals surface area contributed by atoms with Crippen LogP contribution < -0.4 is 10.6 Å². The lowest BCUT2D eigenvalue weighted by molar-refractivity contribution is -0.140. The lowest BCUT2D eigenvalue weighted by Gasteiger charge is -2.17. The highest BCUT2D eigenvalue weighted by molar-refractivity contribution is 6.34. The average Bonchev–Trinajstić information content (AvgIpc) is 2.45. The Kier molecular flexibility index (Phi) is 4.71. The molecule has 0 spiro atoms. The van der Waals surface area contributed by atoms with Gasteiger partial charge in [0.05, 0.1) is 35.5 Å². The zero-order chi connectivity index (χ0) is 16.4. The lowest BCUT2D eigenvalue weighted by Crippen LogP contribution is -2.26. The van der Waals surface area contributed by atoms with Crippen LogP contribution in [0.25, 0.3) is 10.9 Å². The molecule has 0 amide bonds. The molecule has 7 heteroatoms. The Morgan fingerprint density at radius 2 is 2.09 bits per heavy atom. The average molecular weight is 324 g/mol. The first kappa shape index (κ1) is 16.3. The predicted octanol–water partition coefficient (Wildman–Crippen LogP) is 1.99. The molecule has 0 saturated heterocycles. The largest absolute Gasteiger partial charge is 0.469 e. The fraction of sp³-hybridized carbons (Fsp3) is 0.400. The second-order valence-corrected chi connectivity index (χ2v) is 5.58. The second kappa shape index (κ2) is 6.36. The molecule has 2 rings (SSSR count). The van der Waals surface area contributed by atoms with E-state index in [0.717, 1.165) is 11.1 Å². The number of carbonyl (C=O) groups excluding carboxylic acids is 1. The predicted molar refractivity (Wildman–Crippen MR) is 86.7 cm³/mol. The molecule has 0 fully saturated rings. The number of halogens is 1. The highest BCUT2D eigenvalue weighted by Gasteiger charge is 2.13. The summed E-state index contributed by atoms with van der Waals surface area (Å²) in [6.45, 7) is 1.98. The first-order valence-electron chi connectivity index (χ1n) is 6.80. The number of ether oxygens (including phenoxy) is 1. The van der Waals surface area contributed by atoms with Gasteiger partial charge in [-0.3, -0.25) is 9.36 Å². The summed E-state index contributed by atoms with van der Waals surface area (Å²) in [7, 11) is 5.10. The number of anilines is 1. The van der Waals surface area contributed by atoms with E-state index in [1.165, 1.54) is 11.7 Å². The van der Waals surface area contributed by atoms with E-state index in [4.69, 9.17) is 11.6 Å². The van der Waals surface area contributed by atoms with Gasteiger partial charge in [-0.05, 0) is 19.1 Å². The van der Waals surface area contributed by atoms with Crippen LogP contribution in [-0.2, 0) is 16.1 Å². The van der Waals surface area contributed by atoms with Crippen molar-refractivity contribution in [2.24, 2.45) is 0 Å². The van der Waals surface area contributed by atoms with Gasteiger partial charge in [-0.1, -0.05) is 11.6 Å². The summed E-state index contributed by atoms with van der Waals surface area (Å²) in [4.78, 5) is 29.4. The molecule has 0 unspecified atom stereocenters. The van der Waals surface area contributed by atoms with E-state index in [2.05, 4.69) is 9.72 Å². The molecule has 1 heterocycles. The molecule has 0 saturated carbocycles. The number of aromatic nitrogens is 2. The molecular weight excluding hydrogens is 306 g/mol. The third-order valence-electron chi connectivity index (χ3n) is 3.49. The van der Waals surface area contributed by atoms with Gasteiger partial charge in [-0.2, -0.15) is 4.98 Å². The van der Waals surface area contributed by atoms with Crippen molar-refractivity contribution in [1.82, 2.24) is 9.55 Å². The maximum atomic E-state index is 12.1. The fourth-order valence-electron chi connectivity index (χ4n) is 2.30. The molecule has 118 valence electrons. The molecule has 0 aliphatic rings. The minimum absolute atomic E-state index is 0.100. The van der Waals surface area contributed by atoms with Crippen LogP contribution in [0.5, 0.6) is 0 Å². The van der Waals surface area contributed by atoms with Gasteiger partial charge in [0.1, 0.15) is 0 Å². The van der Waals surface area contributed by atoms with E-state index in [1.54, 1.807) is 13.0 Å². The minimum atomic E-state index is -0.400. The van der Waals surface area contributed by atoms with Crippen molar-refractivity contribution in [2.45, 2.75) is 19.9 Å². The standard InChI is InChI=1S/C15H18ClN3O3/c1-9-10-7-13(18(2)3)11(16)8-12(10)19(15(21)17-9)6-5-14(20)22-4/h7-8H,5-6H2,1-4H3. The van der Waals surface area contributed by atoms with Crippen LogP contribution in [-0.4, -0.2) is 36.7 Å². The Hall–Kier alpha value is -2.08. The number of aryl methyl sites for hydroxylation is 2. The number of rotatable bonds is 4. The van der Waals surface area contributed by atoms with E-state index < -0.39 is 5.69 Å². The first-order chi connectivity index (χ1) is 10.3. The number of benzene rings is 1. The quantitative estimate of drug-likeness (QED) is 0.805. The van der Waals surface area contributed by atoms with Crippen molar-refractivity contribution in [3.8, 4) is 0 Å². The van der Waals surface area contributed by atoms with Gasteiger partial charge < -0.3 is 9.64 Å². The van der Waals surface area contributed by atoms with Crippen LogP contribution >= 0.6 is 11.6 Å². The van der Waals surface area contributed by atoms with Crippen molar-refractivity contribution in [3.63, 3.8) is 0 Å². The SMILES string of the molecule is COC(=O)CCn1c(=O)nc(C)c2cc(N(C)C)c(Cl)cc21. The van der Waals surface area contributed by atoms with E-state index in [0.29, 0.717) is 16.2 Å². The van der Waals surface area contributed by atoms with Gasteiger partial charge in [0, 0.05) is 26.0 Å². The number of methoxy groups -OCH3 is 1. The van der Waals surface area contributed by atoms with E-state index >= 15 is 0 Å². The third kappa shape index (κ3) is 3.06. The molecule has 6 nitrogen and oxygen atoms in total. The third-order valence-corrected chi connectivity index (χ3v) is 3.79. The molecule has 0 aliphatic heterocycles. The van der Waals surface area contributed by atoms with E-state index in [9.17, 15) is 9.59 Å². The van der Waals surface area contributed by atoms with Gasteiger partial charge in [0.25, 0.3) is 0 Å². The van der Waals surface area contributed by atoms with Crippen LogP contribution in [0.4, 0.5) is 5.69 Å². The van der Waals surface area contributed by atoms with E-state index in [1.807, 2.05) is 25.1 Å². The van der Waals surface area contributed by atoms with Gasteiger partial charge in [-0.25, -0.2) is 4.79 Å². The summed E-state index contributed by atoms with van der Waals surface area (Å²) >= 11 is 6.30. The maximum Gasteiger partial charge on any atom is 0.348 e. The Balaban J connectivity index is 2.63. The number of nitrogens with zero attached hydrogens (tertiary/aromatic N) is 3. The van der Waals surface area contributed by atoms with Crippen LogP contribution in [0, 0.1) is 6.92 Å². The van der Waals surface area contributed by atoms with E-state index in [-0.39, 0.29) is 18.9 Å². The molecule has 1 aromatic heterocycles. The second-order valence-electron chi connectivity index (χ2n) is 5.17. The first-order valence-corrected chi connectivity index (χ1v) is 7.17. The zero-order valence-electron chi connectivity index (χ0n) is 13.0. The number of hydrogen-bond acceptors (Lipinski definition) is 5. The van der Waals surface area contributed by atoms with Crippen molar-refractivity contribution in [2.75, 3.05) is 26.1 Å². The topological polar surface area (TPSA) is 64.4 Å². The summed E-state index contributed by atoms with van der Waals surface area (Å²) in [6, 6.07) is 3.63. The Labute approximate surface area is 133 Å². The monoisotopic (exact) mass is 323 g/mol. The number of fused-ring (bicyclic) bond motifs is 1. The number of carbonyl (C=O) groups is 1. The Morgan fingerprint density at radius 3 is 2.68 bits per heavy atom.